The van der Waals surface area contributed by atoms with Crippen LogP contribution in [0.5, 0.6) is 0 Å². The molecule has 30 heavy (non-hydrogen) atoms. The fourth-order valence-corrected chi connectivity index (χ4v) is 4.56. The molecule has 4 atom stereocenters. The van der Waals surface area contributed by atoms with Gasteiger partial charge in [-0.3, -0.25) is 0 Å². The lowest BCUT2D eigenvalue weighted by atomic mass is 9.87. The molecule has 4 rings (SSSR count). The van der Waals surface area contributed by atoms with Crippen molar-refractivity contribution in [3.63, 3.8) is 0 Å². The van der Waals surface area contributed by atoms with Crippen molar-refractivity contribution in [1.29, 1.82) is 0 Å². The highest BCUT2D eigenvalue weighted by molar-refractivity contribution is 7.98. The van der Waals surface area contributed by atoms with E-state index in [0.717, 1.165) is 16.2 Å². The quantitative estimate of drug-likeness (QED) is 0.423. The Morgan fingerprint density at radius 2 is 1.80 bits per heavy atom. The van der Waals surface area contributed by atoms with E-state index in [9.17, 15) is 15.3 Å². The van der Waals surface area contributed by atoms with Gasteiger partial charge in [0.2, 0.25) is 0 Å². The van der Waals surface area contributed by atoms with Gasteiger partial charge in [-0.25, -0.2) is 9.97 Å². The maximum absolute atomic E-state index is 10.3. The maximum atomic E-state index is 10.3. The second kappa shape index (κ2) is 8.28. The summed E-state index contributed by atoms with van der Waals surface area (Å²) in [5.74, 6) is 0.773. The number of benzene rings is 1. The molecule has 1 aliphatic rings. The van der Waals surface area contributed by atoms with Crippen LogP contribution in [0.3, 0.4) is 0 Å². The molecule has 3 aromatic rings. The summed E-state index contributed by atoms with van der Waals surface area (Å²) in [6, 6.07) is 10.5. The predicted molar refractivity (Wildman–Crippen MR) is 115 cm³/mol. The first-order valence-corrected chi connectivity index (χ1v) is 10.9. The Labute approximate surface area is 179 Å². The summed E-state index contributed by atoms with van der Waals surface area (Å²) in [4.78, 5) is 8.78. The summed E-state index contributed by atoms with van der Waals surface area (Å²) in [5.41, 5.74) is 3.26. The number of aromatic nitrogens is 3. The first-order valence-electron chi connectivity index (χ1n) is 9.96. The molecule has 1 fully saturated rings. The average Bonchev–Trinajstić information content (AvgIpc) is 3.27. The molecule has 2 aromatic heterocycles. The Morgan fingerprint density at radius 1 is 1.07 bits per heavy atom. The van der Waals surface area contributed by atoms with Crippen LogP contribution >= 0.6 is 11.8 Å². The van der Waals surface area contributed by atoms with Gasteiger partial charge >= 0.3 is 0 Å². The summed E-state index contributed by atoms with van der Waals surface area (Å²) in [7, 11) is 0. The molecule has 0 amide bonds. The van der Waals surface area contributed by atoms with Gasteiger partial charge < -0.3 is 24.6 Å². The zero-order valence-corrected chi connectivity index (χ0v) is 18.1. The van der Waals surface area contributed by atoms with E-state index in [2.05, 4.69) is 55.0 Å². The van der Waals surface area contributed by atoms with Crippen LogP contribution in [0.15, 0.2) is 47.9 Å². The second-order valence-electron chi connectivity index (χ2n) is 8.60. The van der Waals surface area contributed by atoms with Crippen molar-refractivity contribution in [2.75, 3.05) is 6.61 Å². The Balaban J connectivity index is 1.54. The topological polar surface area (TPSA) is 101 Å². The molecule has 8 heteroatoms. The minimum absolute atomic E-state index is 0.128. The van der Waals surface area contributed by atoms with Crippen LogP contribution in [0, 0.1) is 0 Å². The number of hydrogen-bond donors (Lipinski definition) is 3. The van der Waals surface area contributed by atoms with E-state index >= 15 is 0 Å². The highest BCUT2D eigenvalue weighted by Crippen LogP contribution is 2.34. The third-order valence-electron chi connectivity index (χ3n) is 5.46. The maximum Gasteiger partial charge on any atom is 0.164 e. The van der Waals surface area contributed by atoms with E-state index < -0.39 is 24.5 Å². The fourth-order valence-electron chi connectivity index (χ4n) is 3.63. The van der Waals surface area contributed by atoms with E-state index in [1.807, 2.05) is 6.07 Å². The largest absolute Gasteiger partial charge is 0.394 e. The number of ether oxygens (including phenoxy) is 1. The van der Waals surface area contributed by atoms with E-state index in [1.165, 1.54) is 17.5 Å². The molecule has 1 aliphatic heterocycles. The van der Waals surface area contributed by atoms with Crippen molar-refractivity contribution in [3.05, 3.63) is 54.0 Å². The molecule has 160 valence electrons. The lowest BCUT2D eigenvalue weighted by Gasteiger charge is -2.19. The molecule has 0 saturated carbocycles. The van der Waals surface area contributed by atoms with E-state index in [4.69, 9.17) is 4.74 Å². The first kappa shape index (κ1) is 21.3. The Hall–Kier alpha value is -1.97. The van der Waals surface area contributed by atoms with Crippen LogP contribution in [0.25, 0.3) is 11.0 Å². The van der Waals surface area contributed by atoms with Crippen LogP contribution in [0.4, 0.5) is 0 Å². The Bertz CT molecular complexity index is 1020. The van der Waals surface area contributed by atoms with E-state index in [1.54, 1.807) is 22.5 Å². The van der Waals surface area contributed by atoms with Gasteiger partial charge in [-0.15, -0.1) is 11.8 Å². The molecular formula is C22H27N3O4S. The van der Waals surface area contributed by atoms with Crippen LogP contribution in [0.1, 0.15) is 38.1 Å². The minimum atomic E-state index is -1.15. The lowest BCUT2D eigenvalue weighted by Crippen LogP contribution is -2.33. The summed E-state index contributed by atoms with van der Waals surface area (Å²) in [5, 5.41) is 31.4. The standard InChI is InChI=1S/C22H27N3O4S/c1-22(2,3)14-6-4-13(5-7-14)11-30-20-15-8-9-25(19(15)23-12-24-20)21-18(28)17(27)16(10-26)29-21/h4-9,12,16-18,21,26-28H,10-11H2,1-3H3/t16-,17-,18-,21-/m1/s1. The third kappa shape index (κ3) is 3.98. The molecule has 1 aromatic carbocycles. The van der Waals surface area contributed by atoms with Crippen LogP contribution in [-0.2, 0) is 15.9 Å². The van der Waals surface area contributed by atoms with Crippen molar-refractivity contribution in [3.8, 4) is 0 Å². The van der Waals surface area contributed by atoms with Gasteiger partial charge in [0.25, 0.3) is 0 Å². The highest BCUT2D eigenvalue weighted by atomic mass is 32.2. The van der Waals surface area contributed by atoms with Gasteiger partial charge in [0.1, 0.15) is 35.3 Å². The molecule has 0 radical (unpaired) electrons. The van der Waals surface area contributed by atoms with Crippen LogP contribution < -0.4 is 0 Å². The number of thioether (sulfide) groups is 1. The van der Waals surface area contributed by atoms with Crippen molar-refractivity contribution in [2.45, 2.75) is 61.5 Å². The van der Waals surface area contributed by atoms with E-state index in [0.29, 0.717) is 5.65 Å². The van der Waals surface area contributed by atoms with Gasteiger partial charge in [-0.2, -0.15) is 0 Å². The molecule has 1 saturated heterocycles. The van der Waals surface area contributed by atoms with Crippen LogP contribution in [-0.4, -0.2) is 54.8 Å². The van der Waals surface area contributed by atoms with Gasteiger partial charge in [-0.1, -0.05) is 45.0 Å². The van der Waals surface area contributed by atoms with Crippen molar-refractivity contribution in [1.82, 2.24) is 14.5 Å². The minimum Gasteiger partial charge on any atom is -0.394 e. The number of rotatable bonds is 5. The fraction of sp³-hybridized carbons (Fsp3) is 0.455. The number of aliphatic hydroxyl groups excluding tert-OH is 3. The molecular weight excluding hydrogens is 402 g/mol. The predicted octanol–water partition coefficient (Wildman–Crippen LogP) is 2.63. The van der Waals surface area contributed by atoms with Gasteiger partial charge in [0, 0.05) is 11.9 Å². The molecule has 0 spiro atoms. The highest BCUT2D eigenvalue weighted by Gasteiger charge is 2.43. The van der Waals surface area contributed by atoms with E-state index in [-0.39, 0.29) is 12.0 Å². The summed E-state index contributed by atoms with van der Waals surface area (Å²) >= 11 is 1.62. The number of aliphatic hydroxyl groups is 3. The summed E-state index contributed by atoms with van der Waals surface area (Å²) < 4.78 is 7.32. The Kier molecular flexibility index (Phi) is 5.87. The normalized spacial score (nSPS) is 24.6. The molecule has 7 nitrogen and oxygen atoms in total. The average molecular weight is 430 g/mol. The molecule has 0 unspecified atom stereocenters. The SMILES string of the molecule is CC(C)(C)c1ccc(CSc2ncnc3c2ccn3[C@@H]2O[C@H](CO)[C@@H](O)[C@H]2O)cc1. The third-order valence-corrected chi connectivity index (χ3v) is 6.54. The van der Waals surface area contributed by atoms with Gasteiger partial charge in [-0.05, 0) is 22.6 Å². The summed E-state index contributed by atoms with van der Waals surface area (Å²) in [6.07, 6.45) is -0.677. The number of hydrogen-bond acceptors (Lipinski definition) is 7. The molecule has 0 bridgehead atoms. The second-order valence-corrected chi connectivity index (χ2v) is 9.57. The number of nitrogens with zero attached hydrogens (tertiary/aromatic N) is 3. The number of fused-ring (bicyclic) bond motifs is 1. The van der Waals surface area contributed by atoms with Gasteiger partial charge in [0.15, 0.2) is 6.23 Å². The first-order chi connectivity index (χ1) is 14.3. The molecule has 3 heterocycles. The summed E-state index contributed by atoms with van der Waals surface area (Å²) in [6.45, 7) is 6.24. The smallest absolute Gasteiger partial charge is 0.164 e. The lowest BCUT2D eigenvalue weighted by molar-refractivity contribution is -0.0508. The van der Waals surface area contributed by atoms with Crippen molar-refractivity contribution >= 4 is 22.8 Å². The Morgan fingerprint density at radius 3 is 2.43 bits per heavy atom. The monoisotopic (exact) mass is 429 g/mol. The van der Waals surface area contributed by atoms with Gasteiger partial charge in [0.05, 0.1) is 12.0 Å². The van der Waals surface area contributed by atoms with Crippen molar-refractivity contribution in [2.24, 2.45) is 0 Å². The van der Waals surface area contributed by atoms with Crippen molar-refractivity contribution < 1.29 is 20.1 Å². The molecule has 3 N–H and O–H groups in total. The molecule has 0 aliphatic carbocycles. The van der Waals surface area contributed by atoms with Crippen LogP contribution in [0.2, 0.25) is 0 Å². The zero-order chi connectivity index (χ0) is 21.5. The zero-order valence-electron chi connectivity index (χ0n) is 17.3.